The van der Waals surface area contributed by atoms with Crippen LogP contribution in [-0.2, 0) is 11.2 Å². The van der Waals surface area contributed by atoms with Crippen LogP contribution >= 0.6 is 0 Å². The minimum Gasteiger partial charge on any atom is -0.385 e. The normalized spacial score (nSPS) is 19.3. The van der Waals surface area contributed by atoms with Gasteiger partial charge in [0.1, 0.15) is 18.2 Å². The third kappa shape index (κ3) is 4.67. The molecule has 0 saturated carbocycles. The van der Waals surface area contributed by atoms with Crippen LogP contribution in [-0.4, -0.2) is 46.4 Å². The van der Waals surface area contributed by atoms with Gasteiger partial charge in [0.2, 0.25) is 0 Å². The summed E-state index contributed by atoms with van der Waals surface area (Å²) in [4.78, 5) is 14.3. The van der Waals surface area contributed by atoms with Crippen molar-refractivity contribution in [3.05, 3.63) is 53.2 Å². The molecule has 27 heavy (non-hydrogen) atoms. The highest BCUT2D eigenvalue weighted by Gasteiger charge is 2.36. The fourth-order valence-corrected chi connectivity index (χ4v) is 3.24. The van der Waals surface area contributed by atoms with Gasteiger partial charge in [-0.05, 0) is 29.2 Å². The Balaban J connectivity index is 1.56. The fraction of sp³-hybridized carbons (Fsp3) is 0.400. The zero-order valence-corrected chi connectivity index (χ0v) is 15.5. The third-order valence-corrected chi connectivity index (χ3v) is 4.85. The minimum atomic E-state index is -0.630. The summed E-state index contributed by atoms with van der Waals surface area (Å²) < 4.78 is 0. The summed E-state index contributed by atoms with van der Waals surface area (Å²) in [5, 5.41) is 28.6. The lowest BCUT2D eigenvalue weighted by molar-refractivity contribution is -0.608. The first-order valence-electron chi connectivity index (χ1n) is 9.09. The first kappa shape index (κ1) is 19.0. The molecular weight excluding hydrogens is 342 g/mol. The molecule has 7 nitrogen and oxygen atoms in total. The highest BCUT2D eigenvalue weighted by atomic mass is 16.3. The zero-order chi connectivity index (χ0) is 19.4. The molecule has 7 heteroatoms. The highest BCUT2D eigenvalue weighted by Crippen LogP contribution is 2.17. The van der Waals surface area contributed by atoms with Gasteiger partial charge >= 0.3 is 5.91 Å². The Labute approximate surface area is 158 Å². The average Bonchev–Trinajstić information content (AvgIpc) is 3.02. The molecule has 3 N–H and O–H groups in total. The Hall–Kier alpha value is -2.82. The number of benzene rings is 1. The number of β-amino-alcohol motifs (C(OH)–C–C–N with tert-alkyl or cyclic N) is 1. The number of carbonyl (C=O) groups excluding carboxylic acids is 1. The minimum absolute atomic E-state index is 0.00381. The number of rotatable bonds is 5. The smallest absolute Gasteiger partial charge is 0.315 e. The third-order valence-electron chi connectivity index (χ3n) is 4.85. The Morgan fingerprint density at radius 1 is 1.26 bits per heavy atom. The van der Waals surface area contributed by atoms with Crippen LogP contribution in [0.15, 0.2) is 36.4 Å². The van der Waals surface area contributed by atoms with Crippen LogP contribution in [0.5, 0.6) is 0 Å². The molecule has 1 aromatic heterocycles. The molecule has 1 amide bonds. The van der Waals surface area contributed by atoms with E-state index in [-0.39, 0.29) is 17.6 Å². The van der Waals surface area contributed by atoms with Crippen LogP contribution in [0, 0.1) is 11.3 Å². The number of aromatic nitrogens is 2. The second kappa shape index (κ2) is 8.25. The molecule has 1 aliphatic rings. The molecule has 1 aromatic carbocycles. The summed E-state index contributed by atoms with van der Waals surface area (Å²) in [5.74, 6) is 1.07. The number of hydrogen-bond donors (Lipinski definition) is 2. The first-order chi connectivity index (χ1) is 13.0. The van der Waals surface area contributed by atoms with Gasteiger partial charge in [-0.2, -0.15) is 5.26 Å². The maximum atomic E-state index is 12.4. The van der Waals surface area contributed by atoms with Crippen LogP contribution < -0.4 is 10.2 Å². The molecule has 1 fully saturated rings. The molecule has 2 heterocycles. The second-order valence-electron chi connectivity index (χ2n) is 7.23. The summed E-state index contributed by atoms with van der Waals surface area (Å²) >= 11 is 0. The van der Waals surface area contributed by atoms with E-state index in [0.29, 0.717) is 31.2 Å². The predicted molar refractivity (Wildman–Crippen MR) is 99.9 cm³/mol. The van der Waals surface area contributed by atoms with E-state index in [2.05, 4.69) is 36.2 Å². The number of carbonyl (C=O) groups is 1. The summed E-state index contributed by atoms with van der Waals surface area (Å²) in [6.45, 7) is 5.16. The number of aliphatic hydroxyl groups is 1. The van der Waals surface area contributed by atoms with Crippen LogP contribution in [0.4, 0.5) is 5.82 Å². The fourth-order valence-electron chi connectivity index (χ4n) is 3.24. The van der Waals surface area contributed by atoms with E-state index in [0.717, 1.165) is 5.56 Å². The maximum Gasteiger partial charge on any atom is 0.315 e. The molecule has 0 aliphatic carbocycles. The molecule has 0 bridgehead atoms. The van der Waals surface area contributed by atoms with E-state index in [9.17, 15) is 9.90 Å². The van der Waals surface area contributed by atoms with E-state index in [4.69, 9.17) is 5.26 Å². The Morgan fingerprint density at radius 2 is 2.00 bits per heavy atom. The summed E-state index contributed by atoms with van der Waals surface area (Å²) in [6.07, 6.45) is -0.298. The second-order valence-corrected chi connectivity index (χ2v) is 7.23. The van der Waals surface area contributed by atoms with E-state index in [1.807, 2.05) is 23.1 Å². The van der Waals surface area contributed by atoms with E-state index < -0.39 is 6.10 Å². The number of hydrogen-bond acceptors (Lipinski definition) is 6. The predicted octanol–water partition coefficient (Wildman–Crippen LogP) is 0.354. The molecule has 0 radical (unpaired) electrons. The standard InChI is InChI=1S/C20H23N5O2/c1-13(2)15-5-3-14(4-6-15)9-20(27)22-17-11-25(12-18(17)26)19-8-7-16(10-21)23-24-19/h3-8,13,17-18,26H,9,11-12H2,1-2H3,(H,22,27)/p+1/t17?,18-/m1/s1. The highest BCUT2D eigenvalue weighted by molar-refractivity contribution is 5.69. The maximum absolute atomic E-state index is 12.4. The number of nitrogens with two attached hydrogens (primary N) is 1. The van der Waals surface area contributed by atoms with Gasteiger partial charge in [-0.25, -0.2) is 4.79 Å². The molecule has 140 valence electrons. The van der Waals surface area contributed by atoms with Crippen molar-refractivity contribution >= 4 is 11.7 Å². The van der Waals surface area contributed by atoms with Gasteiger partial charge in [0.15, 0.2) is 11.5 Å². The quantitative estimate of drug-likeness (QED) is 0.791. The van der Waals surface area contributed by atoms with Crippen LogP contribution in [0.2, 0.25) is 0 Å². The van der Waals surface area contributed by atoms with Gasteiger partial charge in [0.05, 0.1) is 19.5 Å². The molecule has 1 unspecified atom stereocenters. The van der Waals surface area contributed by atoms with Gasteiger partial charge in [-0.1, -0.05) is 38.1 Å². The van der Waals surface area contributed by atoms with Gasteiger partial charge in [0, 0.05) is 0 Å². The van der Waals surface area contributed by atoms with Gasteiger partial charge in [0.25, 0.3) is 0 Å². The largest absolute Gasteiger partial charge is 0.385 e. The van der Waals surface area contributed by atoms with Crippen molar-refractivity contribution in [3.8, 4) is 6.07 Å². The lowest BCUT2D eigenvalue weighted by Crippen LogP contribution is -2.96. The molecule has 0 spiro atoms. The molecule has 1 saturated heterocycles. The number of amides is 1. The van der Waals surface area contributed by atoms with Crippen molar-refractivity contribution in [1.82, 2.24) is 10.2 Å². The van der Waals surface area contributed by atoms with Crippen molar-refractivity contribution in [1.29, 1.82) is 5.26 Å². The summed E-state index contributed by atoms with van der Waals surface area (Å²) in [5.41, 5.74) is 2.48. The zero-order valence-electron chi connectivity index (χ0n) is 15.5. The van der Waals surface area contributed by atoms with Gasteiger partial charge < -0.3 is 10.0 Å². The van der Waals surface area contributed by atoms with Crippen LogP contribution in [0.25, 0.3) is 0 Å². The van der Waals surface area contributed by atoms with E-state index in [1.165, 1.54) is 5.56 Å². The number of primary amides is 1. The summed E-state index contributed by atoms with van der Waals surface area (Å²) in [7, 11) is 0. The molecule has 3 rings (SSSR count). The molecular formula is C20H24N5O2+. The van der Waals surface area contributed by atoms with Crippen LogP contribution in [0.3, 0.4) is 0 Å². The van der Waals surface area contributed by atoms with Crippen molar-refractivity contribution in [2.75, 3.05) is 18.0 Å². The van der Waals surface area contributed by atoms with Gasteiger partial charge in [-0.3, -0.25) is 5.32 Å². The van der Waals surface area contributed by atoms with E-state index >= 15 is 0 Å². The topological polar surface area (TPSA) is 107 Å². The van der Waals surface area contributed by atoms with Crippen LogP contribution in [0.1, 0.15) is 36.6 Å². The molecule has 1 aliphatic heterocycles. The number of quaternary nitrogens is 1. The Kier molecular flexibility index (Phi) is 5.79. The lowest BCUT2D eigenvalue weighted by Gasteiger charge is -2.14. The van der Waals surface area contributed by atoms with Crippen molar-refractivity contribution in [2.45, 2.75) is 38.3 Å². The van der Waals surface area contributed by atoms with E-state index in [1.54, 1.807) is 17.4 Å². The number of nitrogens with zero attached hydrogens (tertiary/aromatic N) is 4. The number of nitriles is 1. The molecule has 2 aromatic rings. The van der Waals surface area contributed by atoms with Crippen molar-refractivity contribution in [3.63, 3.8) is 0 Å². The monoisotopic (exact) mass is 366 g/mol. The summed E-state index contributed by atoms with van der Waals surface area (Å²) in [6, 6.07) is 13.1. The molecule has 2 atom stereocenters. The number of anilines is 1. The Morgan fingerprint density at radius 3 is 2.59 bits per heavy atom. The average molecular weight is 366 g/mol. The Bertz CT molecular complexity index is 827. The number of aliphatic hydroxyl groups excluding tert-OH is 1. The first-order valence-corrected chi connectivity index (χ1v) is 9.09. The van der Waals surface area contributed by atoms with Gasteiger partial charge in [-0.15, -0.1) is 10.2 Å². The SMILES string of the molecule is CC(C)c1ccc(CC(=O)[NH2+]C2CN(c3ccc(C#N)nn3)C[C@H]2O)cc1. The van der Waals surface area contributed by atoms with Crippen molar-refractivity contribution in [2.24, 2.45) is 0 Å². The van der Waals surface area contributed by atoms with Crippen molar-refractivity contribution < 1.29 is 15.2 Å². The lowest BCUT2D eigenvalue weighted by atomic mass is 10.0.